The maximum atomic E-state index is 14.0. The van der Waals surface area contributed by atoms with Crippen LogP contribution >= 0.6 is 0 Å². The molecule has 2 heterocycles. The Hall–Kier alpha value is -3.05. The molecule has 0 aromatic heterocycles. The number of esters is 2. The Bertz CT molecular complexity index is 844. The van der Waals surface area contributed by atoms with Crippen molar-refractivity contribution >= 4 is 17.6 Å². The van der Waals surface area contributed by atoms with Crippen molar-refractivity contribution in [1.29, 1.82) is 0 Å². The van der Waals surface area contributed by atoms with E-state index in [2.05, 4.69) is 14.8 Å². The molecule has 12 heteroatoms. The lowest BCUT2D eigenvalue weighted by Crippen LogP contribution is -2.52. The lowest BCUT2D eigenvalue weighted by molar-refractivity contribution is -0.391. The van der Waals surface area contributed by atoms with Crippen LogP contribution < -0.4 is 14.8 Å². The molecule has 1 N–H and O–H groups in total. The van der Waals surface area contributed by atoms with Crippen LogP contribution in [0, 0.1) is 5.82 Å². The molecule has 0 radical (unpaired) electrons. The Labute approximate surface area is 147 Å². The second-order valence-electron chi connectivity index (χ2n) is 5.90. The minimum Gasteiger partial charge on any atom is -0.421 e. The van der Waals surface area contributed by atoms with Gasteiger partial charge in [-0.2, -0.15) is 17.6 Å². The minimum absolute atomic E-state index is 0.375. The van der Waals surface area contributed by atoms with E-state index in [4.69, 9.17) is 9.47 Å². The van der Waals surface area contributed by atoms with E-state index in [9.17, 15) is 31.5 Å². The highest BCUT2D eigenvalue weighted by molar-refractivity contribution is 6.15. The van der Waals surface area contributed by atoms with Crippen LogP contribution in [0.25, 0.3) is 0 Å². The average Bonchev–Trinajstić information content (AvgIpc) is 2.47. The number of cyclic esters (lactones) is 2. The summed E-state index contributed by atoms with van der Waals surface area (Å²) in [6.45, 7) is 2.62. The average molecular weight is 395 g/mol. The van der Waals surface area contributed by atoms with Gasteiger partial charge in [-0.05, 0) is 0 Å². The van der Waals surface area contributed by atoms with Crippen molar-refractivity contribution in [1.82, 2.24) is 0 Å². The molecule has 146 valence electrons. The number of ether oxygens (including phenoxy) is 4. The third-order valence-corrected chi connectivity index (χ3v) is 3.34. The first-order valence-electron chi connectivity index (χ1n) is 7.22. The summed E-state index contributed by atoms with van der Waals surface area (Å²) < 4.78 is 83.8. The first kappa shape index (κ1) is 18.7. The Morgan fingerprint density at radius 3 is 1.89 bits per heavy atom. The van der Waals surface area contributed by atoms with Crippen LogP contribution in [0.5, 0.6) is 11.5 Å². The van der Waals surface area contributed by atoms with Crippen molar-refractivity contribution in [3.63, 3.8) is 0 Å². The SMILES string of the molecule is CC1(C)OC(=O)C(=CNc2cc3c(cc2F)OC(F)(F)C(F)(F)O3)C(=O)O1. The molecule has 1 fully saturated rings. The molecule has 1 saturated heterocycles. The first-order valence-corrected chi connectivity index (χ1v) is 7.22. The summed E-state index contributed by atoms with van der Waals surface area (Å²) in [6.07, 6.45) is -9.27. The van der Waals surface area contributed by atoms with Crippen molar-refractivity contribution in [3.05, 3.63) is 29.7 Å². The molecular formula is C15H10F5NO6. The smallest absolute Gasteiger partial charge is 0.421 e. The third-order valence-electron chi connectivity index (χ3n) is 3.34. The van der Waals surface area contributed by atoms with Crippen LogP contribution in [0.4, 0.5) is 27.6 Å². The number of alkyl halides is 4. The molecule has 0 saturated carbocycles. The highest BCUT2D eigenvalue weighted by Gasteiger charge is 2.66. The predicted molar refractivity (Wildman–Crippen MR) is 75.5 cm³/mol. The Balaban J connectivity index is 1.88. The molecular weight excluding hydrogens is 385 g/mol. The zero-order valence-corrected chi connectivity index (χ0v) is 13.6. The number of carbonyl (C=O) groups excluding carboxylic acids is 2. The number of fused-ring (bicyclic) bond motifs is 1. The number of anilines is 1. The van der Waals surface area contributed by atoms with E-state index >= 15 is 0 Å². The first-order chi connectivity index (χ1) is 12.3. The summed E-state index contributed by atoms with van der Waals surface area (Å²) in [6, 6.07) is 0.967. The van der Waals surface area contributed by atoms with Crippen molar-refractivity contribution < 1.29 is 50.5 Å². The van der Waals surface area contributed by atoms with E-state index in [-0.39, 0.29) is 0 Å². The van der Waals surface area contributed by atoms with E-state index in [1.54, 1.807) is 0 Å². The molecule has 3 rings (SSSR count). The van der Waals surface area contributed by atoms with Gasteiger partial charge in [0.15, 0.2) is 22.9 Å². The fourth-order valence-electron chi connectivity index (χ4n) is 2.13. The van der Waals surface area contributed by atoms with Gasteiger partial charge < -0.3 is 24.3 Å². The highest BCUT2D eigenvalue weighted by atomic mass is 19.3. The number of benzene rings is 1. The van der Waals surface area contributed by atoms with Crippen molar-refractivity contribution in [2.45, 2.75) is 31.9 Å². The van der Waals surface area contributed by atoms with Gasteiger partial charge in [0.2, 0.25) is 0 Å². The van der Waals surface area contributed by atoms with Crippen LogP contribution in [0.2, 0.25) is 0 Å². The topological polar surface area (TPSA) is 83.1 Å². The van der Waals surface area contributed by atoms with Crippen LogP contribution in [-0.4, -0.2) is 29.9 Å². The van der Waals surface area contributed by atoms with Gasteiger partial charge in [0.25, 0.3) is 5.79 Å². The molecule has 0 bridgehead atoms. The Morgan fingerprint density at radius 2 is 1.37 bits per heavy atom. The lowest BCUT2D eigenvalue weighted by atomic mass is 10.2. The quantitative estimate of drug-likeness (QED) is 0.357. The summed E-state index contributed by atoms with van der Waals surface area (Å²) >= 11 is 0. The molecule has 1 aromatic rings. The van der Waals surface area contributed by atoms with E-state index in [1.165, 1.54) is 13.8 Å². The molecule has 1 aromatic carbocycles. The monoisotopic (exact) mass is 395 g/mol. The second kappa shape index (κ2) is 5.72. The number of rotatable bonds is 2. The number of halogens is 5. The summed E-state index contributed by atoms with van der Waals surface area (Å²) in [5.41, 5.74) is -1.21. The van der Waals surface area contributed by atoms with Gasteiger partial charge in [0, 0.05) is 32.2 Å². The zero-order valence-electron chi connectivity index (χ0n) is 13.6. The fraction of sp³-hybridized carbons (Fsp3) is 0.333. The van der Waals surface area contributed by atoms with E-state index in [0.717, 1.165) is 0 Å². The van der Waals surface area contributed by atoms with Gasteiger partial charge in [-0.25, -0.2) is 14.0 Å². The van der Waals surface area contributed by atoms with Gasteiger partial charge in [-0.3, -0.25) is 0 Å². The molecule has 7 nitrogen and oxygen atoms in total. The lowest BCUT2D eigenvalue weighted by Gasteiger charge is -2.32. The highest BCUT2D eigenvalue weighted by Crippen LogP contribution is 2.48. The van der Waals surface area contributed by atoms with Gasteiger partial charge >= 0.3 is 24.2 Å². The standard InChI is InChI=1S/C15H10F5NO6/c1-13(2)26-11(22)6(12(23)27-13)5-21-8-4-10-9(3-7(8)16)24-14(17,18)15(19,20)25-10/h3-5,21H,1-2H3. The predicted octanol–water partition coefficient (Wildman–Crippen LogP) is 2.91. The van der Waals surface area contributed by atoms with Gasteiger partial charge in [-0.1, -0.05) is 0 Å². The molecule has 0 unspecified atom stereocenters. The summed E-state index contributed by atoms with van der Waals surface area (Å²) in [7, 11) is 0. The number of nitrogens with one attached hydrogen (secondary N) is 1. The molecule has 2 aliphatic rings. The number of hydrogen-bond acceptors (Lipinski definition) is 7. The Kier molecular flexibility index (Phi) is 3.97. The summed E-state index contributed by atoms with van der Waals surface area (Å²) in [4.78, 5) is 23.5. The van der Waals surface area contributed by atoms with Crippen LogP contribution in [0.1, 0.15) is 13.8 Å². The van der Waals surface area contributed by atoms with E-state index < -0.39 is 58.5 Å². The molecule has 0 atom stereocenters. The molecule has 2 aliphatic heterocycles. The summed E-state index contributed by atoms with van der Waals surface area (Å²) in [5, 5.41) is 2.16. The zero-order chi connectivity index (χ0) is 20.2. The molecule has 27 heavy (non-hydrogen) atoms. The number of hydrogen-bond donors (Lipinski definition) is 1. The van der Waals surface area contributed by atoms with E-state index in [0.29, 0.717) is 18.3 Å². The fourth-order valence-corrected chi connectivity index (χ4v) is 2.13. The molecule has 0 aliphatic carbocycles. The molecule has 0 spiro atoms. The largest absolute Gasteiger partial charge is 0.507 e. The maximum Gasteiger partial charge on any atom is 0.507 e. The Morgan fingerprint density at radius 1 is 0.889 bits per heavy atom. The van der Waals surface area contributed by atoms with E-state index in [1.807, 2.05) is 0 Å². The third kappa shape index (κ3) is 3.34. The summed E-state index contributed by atoms with van der Waals surface area (Å²) in [5.74, 6) is -6.71. The minimum atomic E-state index is -4.99. The van der Waals surface area contributed by atoms with Gasteiger partial charge in [-0.15, -0.1) is 0 Å². The van der Waals surface area contributed by atoms with Gasteiger partial charge in [0.1, 0.15) is 0 Å². The van der Waals surface area contributed by atoms with Crippen molar-refractivity contribution in [2.75, 3.05) is 5.32 Å². The van der Waals surface area contributed by atoms with Crippen molar-refractivity contribution in [2.24, 2.45) is 0 Å². The van der Waals surface area contributed by atoms with Crippen LogP contribution in [0.15, 0.2) is 23.9 Å². The van der Waals surface area contributed by atoms with Gasteiger partial charge in [0.05, 0.1) is 5.69 Å². The normalized spacial score (nSPS) is 21.8. The second-order valence-corrected chi connectivity index (χ2v) is 5.90. The molecule has 0 amide bonds. The van der Waals surface area contributed by atoms with Crippen molar-refractivity contribution in [3.8, 4) is 11.5 Å². The number of carbonyl (C=O) groups is 2. The van der Waals surface area contributed by atoms with Crippen LogP contribution in [0.3, 0.4) is 0 Å². The maximum absolute atomic E-state index is 14.0. The van der Waals surface area contributed by atoms with Crippen LogP contribution in [-0.2, 0) is 19.1 Å².